The minimum atomic E-state index is -0.521. The number of nitrogens with zero attached hydrogens (tertiary/aromatic N) is 2. The molecule has 1 aromatic carbocycles. The Morgan fingerprint density at radius 3 is 2.75 bits per heavy atom. The van der Waals surface area contributed by atoms with Crippen molar-refractivity contribution < 1.29 is 9.66 Å². The maximum absolute atomic E-state index is 10.9. The summed E-state index contributed by atoms with van der Waals surface area (Å²) in [4.78, 5) is 14.4. The van der Waals surface area contributed by atoms with Gasteiger partial charge in [-0.15, -0.1) is 0 Å². The first-order chi connectivity index (χ1) is 9.49. The van der Waals surface area contributed by atoms with E-state index >= 15 is 0 Å². The zero-order valence-corrected chi connectivity index (χ0v) is 12.9. The van der Waals surface area contributed by atoms with Crippen molar-refractivity contribution in [2.45, 2.75) is 6.61 Å². The topological polar surface area (TPSA) is 65.3 Å². The number of rotatable bonds is 4. The molecule has 0 atom stereocenters. The number of pyridine rings is 1. The van der Waals surface area contributed by atoms with Crippen LogP contribution in [0, 0.1) is 10.1 Å². The van der Waals surface area contributed by atoms with Gasteiger partial charge in [-0.2, -0.15) is 0 Å². The number of hydrogen-bond acceptors (Lipinski definition) is 4. The van der Waals surface area contributed by atoms with Crippen LogP contribution in [0.15, 0.2) is 34.8 Å². The summed E-state index contributed by atoms with van der Waals surface area (Å²) >= 11 is 14.9. The van der Waals surface area contributed by atoms with E-state index in [0.29, 0.717) is 15.2 Å². The summed E-state index contributed by atoms with van der Waals surface area (Å²) in [7, 11) is 0. The fourth-order valence-corrected chi connectivity index (χ4v) is 2.28. The van der Waals surface area contributed by atoms with Crippen LogP contribution in [0.2, 0.25) is 10.2 Å². The van der Waals surface area contributed by atoms with Gasteiger partial charge < -0.3 is 4.74 Å². The molecule has 0 saturated heterocycles. The van der Waals surface area contributed by atoms with Crippen LogP contribution in [0.5, 0.6) is 5.75 Å². The molecule has 104 valence electrons. The Morgan fingerprint density at radius 2 is 2.05 bits per heavy atom. The number of nitro groups is 1. The Bertz CT molecular complexity index is 667. The lowest BCUT2D eigenvalue weighted by molar-refractivity contribution is -0.386. The van der Waals surface area contributed by atoms with E-state index in [1.807, 2.05) is 0 Å². The van der Waals surface area contributed by atoms with Crippen molar-refractivity contribution in [2.24, 2.45) is 0 Å². The van der Waals surface area contributed by atoms with Gasteiger partial charge in [-0.25, -0.2) is 4.98 Å². The second-order valence-electron chi connectivity index (χ2n) is 3.70. The number of ether oxygens (including phenoxy) is 1. The van der Waals surface area contributed by atoms with Crippen LogP contribution in [-0.4, -0.2) is 9.91 Å². The summed E-state index contributed by atoms with van der Waals surface area (Å²) in [5.74, 6) is 0.121. The lowest BCUT2D eigenvalue weighted by Crippen LogP contribution is -2.02. The number of hydrogen-bond donors (Lipinski definition) is 0. The highest BCUT2D eigenvalue weighted by molar-refractivity contribution is 9.10. The van der Waals surface area contributed by atoms with E-state index in [9.17, 15) is 10.1 Å². The largest absolute Gasteiger partial charge is 0.479 e. The van der Waals surface area contributed by atoms with Crippen LogP contribution in [-0.2, 0) is 6.61 Å². The monoisotopic (exact) mass is 376 g/mol. The first-order valence-electron chi connectivity index (χ1n) is 5.35. The maximum Gasteiger partial charge on any atom is 0.312 e. The van der Waals surface area contributed by atoms with Crippen LogP contribution < -0.4 is 4.74 Å². The molecule has 20 heavy (non-hydrogen) atoms. The van der Waals surface area contributed by atoms with Gasteiger partial charge in [-0.1, -0.05) is 29.3 Å². The van der Waals surface area contributed by atoms with Crippen molar-refractivity contribution in [3.8, 4) is 5.75 Å². The predicted molar refractivity (Wildman–Crippen MR) is 79.4 cm³/mol. The van der Waals surface area contributed by atoms with E-state index in [1.165, 1.54) is 6.07 Å². The van der Waals surface area contributed by atoms with Crippen LogP contribution in [0.1, 0.15) is 5.69 Å². The molecule has 0 radical (unpaired) electrons. The molecule has 0 spiro atoms. The normalized spacial score (nSPS) is 10.3. The molecule has 0 bridgehead atoms. The highest BCUT2D eigenvalue weighted by atomic mass is 79.9. The molecule has 1 heterocycles. The molecule has 0 aliphatic rings. The SMILES string of the molecule is O=[N+]([O-])c1cccc(Br)c1OCc1nc(Cl)ccc1Cl. The molecule has 0 saturated carbocycles. The highest BCUT2D eigenvalue weighted by Crippen LogP contribution is 2.35. The van der Waals surface area contributed by atoms with Crippen molar-refractivity contribution in [2.75, 3.05) is 0 Å². The van der Waals surface area contributed by atoms with Gasteiger partial charge in [0.1, 0.15) is 11.8 Å². The van der Waals surface area contributed by atoms with Crippen LogP contribution in [0.4, 0.5) is 5.69 Å². The van der Waals surface area contributed by atoms with Crippen molar-refractivity contribution >= 4 is 44.8 Å². The van der Waals surface area contributed by atoms with Crippen molar-refractivity contribution in [1.29, 1.82) is 0 Å². The predicted octanol–water partition coefficient (Wildman–Crippen LogP) is 4.64. The van der Waals surface area contributed by atoms with Crippen molar-refractivity contribution in [3.63, 3.8) is 0 Å². The molecule has 0 aliphatic carbocycles. The summed E-state index contributed by atoms with van der Waals surface area (Å²) in [6.07, 6.45) is 0. The molecule has 1 aromatic heterocycles. The third kappa shape index (κ3) is 3.39. The Labute approximate surface area is 132 Å². The highest BCUT2D eigenvalue weighted by Gasteiger charge is 2.18. The van der Waals surface area contributed by atoms with Gasteiger partial charge in [0, 0.05) is 6.07 Å². The van der Waals surface area contributed by atoms with Gasteiger partial charge in [0.25, 0.3) is 0 Å². The van der Waals surface area contributed by atoms with Crippen LogP contribution in [0.25, 0.3) is 0 Å². The number of benzene rings is 1. The first-order valence-corrected chi connectivity index (χ1v) is 6.90. The zero-order chi connectivity index (χ0) is 14.7. The smallest absolute Gasteiger partial charge is 0.312 e. The summed E-state index contributed by atoms with van der Waals surface area (Å²) < 4.78 is 5.93. The second kappa shape index (κ2) is 6.39. The zero-order valence-electron chi connectivity index (χ0n) is 9.85. The van der Waals surface area contributed by atoms with E-state index < -0.39 is 4.92 Å². The van der Waals surface area contributed by atoms with Gasteiger partial charge in [-0.3, -0.25) is 10.1 Å². The number of para-hydroxylation sites is 1. The Kier molecular flexibility index (Phi) is 4.80. The van der Waals surface area contributed by atoms with Crippen LogP contribution >= 0.6 is 39.1 Å². The third-order valence-electron chi connectivity index (χ3n) is 2.38. The average molecular weight is 378 g/mol. The van der Waals surface area contributed by atoms with E-state index in [0.717, 1.165) is 0 Å². The molecule has 0 amide bonds. The number of nitro benzene ring substituents is 1. The summed E-state index contributed by atoms with van der Waals surface area (Å²) in [5, 5.41) is 11.6. The minimum absolute atomic E-state index is 0.0250. The summed E-state index contributed by atoms with van der Waals surface area (Å²) in [6.45, 7) is -0.0250. The lowest BCUT2D eigenvalue weighted by Gasteiger charge is -2.09. The lowest BCUT2D eigenvalue weighted by atomic mass is 10.3. The van der Waals surface area contributed by atoms with Crippen molar-refractivity contribution in [3.05, 3.63) is 60.8 Å². The Morgan fingerprint density at radius 1 is 1.30 bits per heavy atom. The number of halogens is 3. The maximum atomic E-state index is 10.9. The average Bonchev–Trinajstić information content (AvgIpc) is 2.40. The minimum Gasteiger partial charge on any atom is -0.479 e. The van der Waals surface area contributed by atoms with Gasteiger partial charge in [-0.05, 0) is 34.1 Å². The number of aromatic nitrogens is 1. The van der Waals surface area contributed by atoms with Crippen molar-refractivity contribution in [1.82, 2.24) is 4.98 Å². The molecule has 0 aliphatic heterocycles. The second-order valence-corrected chi connectivity index (χ2v) is 5.35. The van der Waals surface area contributed by atoms with Gasteiger partial charge in [0.2, 0.25) is 5.75 Å². The molecule has 8 heteroatoms. The van der Waals surface area contributed by atoms with E-state index in [1.54, 1.807) is 24.3 Å². The quantitative estimate of drug-likeness (QED) is 0.442. The fraction of sp³-hybridized carbons (Fsp3) is 0.0833. The van der Waals surface area contributed by atoms with Gasteiger partial charge in [0.15, 0.2) is 0 Å². The molecular formula is C12H7BrCl2N2O3. The third-order valence-corrected chi connectivity index (χ3v) is 3.56. The van der Waals surface area contributed by atoms with Gasteiger partial charge >= 0.3 is 5.69 Å². The fourth-order valence-electron chi connectivity index (χ4n) is 1.48. The van der Waals surface area contributed by atoms with Crippen LogP contribution in [0.3, 0.4) is 0 Å². The van der Waals surface area contributed by atoms with E-state index in [2.05, 4.69) is 20.9 Å². The van der Waals surface area contributed by atoms with E-state index in [4.69, 9.17) is 27.9 Å². The molecule has 0 N–H and O–H groups in total. The van der Waals surface area contributed by atoms with Gasteiger partial charge in [0.05, 0.1) is 20.1 Å². The van der Waals surface area contributed by atoms with E-state index in [-0.39, 0.29) is 23.2 Å². The first kappa shape index (κ1) is 15.0. The molecule has 5 nitrogen and oxygen atoms in total. The Hall–Kier alpha value is -1.37. The molecule has 0 fully saturated rings. The summed E-state index contributed by atoms with van der Waals surface area (Å²) in [6, 6.07) is 7.69. The molecule has 2 rings (SSSR count). The molecule has 0 unspecified atom stereocenters. The summed E-state index contributed by atoms with van der Waals surface area (Å²) in [5.41, 5.74) is 0.266. The molecule has 2 aromatic rings. The molecular weight excluding hydrogens is 371 g/mol. The Balaban J connectivity index is 2.27. The standard InChI is InChI=1S/C12H7BrCl2N2O3/c13-7-2-1-3-10(17(18)19)12(7)20-6-9-8(14)4-5-11(15)16-9/h1-5H,6H2.